The van der Waals surface area contributed by atoms with Crippen LogP contribution in [-0.2, 0) is 0 Å². The zero-order valence-corrected chi connectivity index (χ0v) is 15.2. The number of anilines is 1. The zero-order valence-electron chi connectivity index (χ0n) is 13.6. The zero-order chi connectivity index (χ0) is 16.8. The van der Waals surface area contributed by atoms with Gasteiger partial charge in [-0.1, -0.05) is 47.5 Å². The highest BCUT2D eigenvalue weighted by Crippen LogP contribution is 2.54. The number of ether oxygens (including phenoxy) is 1. The lowest BCUT2D eigenvalue weighted by Gasteiger charge is -2.39. The highest BCUT2D eigenvalue weighted by Gasteiger charge is 2.40. The summed E-state index contributed by atoms with van der Waals surface area (Å²) in [6.45, 7) is 2.17. The van der Waals surface area contributed by atoms with E-state index in [1.165, 1.54) is 11.1 Å². The largest absolute Gasteiger partial charge is 0.495 e. The third-order valence-electron chi connectivity index (χ3n) is 5.22. The van der Waals surface area contributed by atoms with Crippen LogP contribution >= 0.6 is 23.2 Å². The Morgan fingerprint density at radius 2 is 2.00 bits per heavy atom. The summed E-state index contributed by atoms with van der Waals surface area (Å²) in [5, 5.41) is 5.08. The first-order chi connectivity index (χ1) is 11.6. The van der Waals surface area contributed by atoms with Crippen molar-refractivity contribution >= 4 is 28.9 Å². The van der Waals surface area contributed by atoms with E-state index in [-0.39, 0.29) is 6.04 Å². The van der Waals surface area contributed by atoms with Crippen LogP contribution in [0, 0.1) is 12.8 Å². The minimum Gasteiger partial charge on any atom is -0.495 e. The van der Waals surface area contributed by atoms with Crippen molar-refractivity contribution in [1.29, 1.82) is 0 Å². The number of aryl methyl sites for hydroxylation is 1. The predicted molar refractivity (Wildman–Crippen MR) is 101 cm³/mol. The van der Waals surface area contributed by atoms with Gasteiger partial charge in [0.1, 0.15) is 5.75 Å². The van der Waals surface area contributed by atoms with Gasteiger partial charge in [0.05, 0.1) is 18.8 Å². The second-order valence-electron chi connectivity index (χ2n) is 6.51. The van der Waals surface area contributed by atoms with Gasteiger partial charge >= 0.3 is 0 Å². The first kappa shape index (κ1) is 15.9. The molecule has 0 spiro atoms. The average molecular weight is 360 g/mol. The van der Waals surface area contributed by atoms with Crippen molar-refractivity contribution in [1.82, 2.24) is 0 Å². The molecule has 3 atom stereocenters. The molecule has 2 aromatic rings. The average Bonchev–Trinajstić information content (AvgIpc) is 3.04. The van der Waals surface area contributed by atoms with Crippen molar-refractivity contribution < 1.29 is 4.74 Å². The van der Waals surface area contributed by atoms with Gasteiger partial charge in [0.2, 0.25) is 0 Å². The highest BCUT2D eigenvalue weighted by atomic mass is 35.5. The number of rotatable bonds is 2. The molecule has 24 heavy (non-hydrogen) atoms. The number of nitrogens with one attached hydrogen (secondary N) is 1. The molecule has 2 aromatic carbocycles. The van der Waals surface area contributed by atoms with Crippen molar-refractivity contribution in [3.8, 4) is 5.75 Å². The van der Waals surface area contributed by atoms with Crippen LogP contribution in [0.2, 0.25) is 10.0 Å². The molecule has 124 valence electrons. The van der Waals surface area contributed by atoms with Crippen LogP contribution in [0.4, 0.5) is 5.69 Å². The molecule has 1 aliphatic heterocycles. The topological polar surface area (TPSA) is 21.3 Å². The molecule has 0 saturated carbocycles. The van der Waals surface area contributed by atoms with Crippen LogP contribution in [0.5, 0.6) is 5.75 Å². The second kappa shape index (κ2) is 6.02. The van der Waals surface area contributed by atoms with Crippen LogP contribution in [0.3, 0.4) is 0 Å². The summed E-state index contributed by atoms with van der Waals surface area (Å²) in [6.07, 6.45) is 5.65. The smallest absolute Gasteiger partial charge is 0.142 e. The normalized spacial score (nSPS) is 24.2. The Hall–Kier alpha value is -1.64. The molecule has 0 radical (unpaired) electrons. The number of methoxy groups -OCH3 is 1. The van der Waals surface area contributed by atoms with Crippen LogP contribution < -0.4 is 10.1 Å². The van der Waals surface area contributed by atoms with Crippen LogP contribution in [0.25, 0.3) is 0 Å². The molecule has 0 aromatic heterocycles. The Bertz CT molecular complexity index is 831. The molecule has 0 saturated heterocycles. The molecule has 2 aliphatic rings. The van der Waals surface area contributed by atoms with Gasteiger partial charge in [-0.3, -0.25) is 0 Å². The van der Waals surface area contributed by atoms with Crippen molar-refractivity contribution in [2.24, 2.45) is 5.92 Å². The summed E-state index contributed by atoms with van der Waals surface area (Å²) in [6, 6.07) is 10.1. The standard InChI is InChI=1S/C20H19Cl2NO/c1-11-6-9-17(24-2)20-18(11)13-4-3-5-14(13)19(23-20)15-8-7-12(21)10-16(15)22/h3-4,6-10,13-14,19,23H,5H2,1-2H3/t13-,14-,19-/m0/s1. The van der Waals surface area contributed by atoms with Crippen molar-refractivity contribution in [3.05, 3.63) is 69.2 Å². The maximum absolute atomic E-state index is 6.51. The van der Waals surface area contributed by atoms with Crippen LogP contribution in [0.15, 0.2) is 42.5 Å². The SMILES string of the molecule is COc1ccc(C)c2c1N[C@H](c1ccc(Cl)cc1Cl)[C@H]1CC=C[C@H]21. The Balaban J connectivity index is 1.87. The molecular weight excluding hydrogens is 341 g/mol. The first-order valence-electron chi connectivity index (χ1n) is 8.15. The molecule has 0 fully saturated rings. The van der Waals surface area contributed by atoms with E-state index in [0.717, 1.165) is 23.4 Å². The summed E-state index contributed by atoms with van der Waals surface area (Å²) >= 11 is 12.6. The molecular formula is C20H19Cl2NO. The molecule has 0 unspecified atom stereocenters. The van der Waals surface area contributed by atoms with E-state index in [1.807, 2.05) is 24.3 Å². The summed E-state index contributed by atoms with van der Waals surface area (Å²) in [4.78, 5) is 0. The molecule has 1 N–H and O–H groups in total. The third kappa shape index (κ3) is 2.40. The Kier molecular flexibility index (Phi) is 3.98. The van der Waals surface area contributed by atoms with E-state index in [2.05, 4.69) is 30.5 Å². The fraction of sp³-hybridized carbons (Fsp3) is 0.300. The molecule has 4 heteroatoms. The number of hydrogen-bond donors (Lipinski definition) is 1. The second-order valence-corrected chi connectivity index (χ2v) is 7.36. The molecule has 4 rings (SSSR count). The predicted octanol–water partition coefficient (Wildman–Crippen LogP) is 6.14. The molecule has 2 nitrogen and oxygen atoms in total. The van der Waals surface area contributed by atoms with Crippen LogP contribution in [0.1, 0.15) is 35.1 Å². The van der Waals surface area contributed by atoms with Gasteiger partial charge in [-0.2, -0.15) is 0 Å². The summed E-state index contributed by atoms with van der Waals surface area (Å²) in [7, 11) is 1.72. The fourth-order valence-corrected chi connectivity index (χ4v) is 4.63. The van der Waals surface area contributed by atoms with E-state index in [9.17, 15) is 0 Å². The Morgan fingerprint density at radius 3 is 2.75 bits per heavy atom. The fourth-order valence-electron chi connectivity index (χ4n) is 4.10. The minimum atomic E-state index is 0.137. The molecule has 0 bridgehead atoms. The molecule has 0 amide bonds. The molecule has 1 heterocycles. The quantitative estimate of drug-likeness (QED) is 0.650. The van der Waals surface area contributed by atoms with Gasteiger partial charge in [0, 0.05) is 16.0 Å². The number of allylic oxidation sites excluding steroid dienone is 2. The van der Waals surface area contributed by atoms with Gasteiger partial charge in [-0.15, -0.1) is 0 Å². The first-order valence-corrected chi connectivity index (χ1v) is 8.91. The third-order valence-corrected chi connectivity index (χ3v) is 5.78. The van der Waals surface area contributed by atoms with E-state index >= 15 is 0 Å². The van der Waals surface area contributed by atoms with E-state index < -0.39 is 0 Å². The number of fused-ring (bicyclic) bond motifs is 3. The summed E-state index contributed by atoms with van der Waals surface area (Å²) in [5.41, 5.74) is 4.81. The lowest BCUT2D eigenvalue weighted by molar-refractivity contribution is 0.396. The van der Waals surface area contributed by atoms with E-state index in [4.69, 9.17) is 27.9 Å². The van der Waals surface area contributed by atoms with Gasteiger partial charge < -0.3 is 10.1 Å². The number of hydrogen-bond acceptors (Lipinski definition) is 2. The maximum Gasteiger partial charge on any atom is 0.142 e. The minimum absolute atomic E-state index is 0.137. The van der Waals surface area contributed by atoms with Gasteiger partial charge in [0.25, 0.3) is 0 Å². The highest BCUT2D eigenvalue weighted by molar-refractivity contribution is 6.35. The lowest BCUT2D eigenvalue weighted by Crippen LogP contribution is -2.30. The van der Waals surface area contributed by atoms with E-state index in [0.29, 0.717) is 21.9 Å². The molecule has 1 aliphatic carbocycles. The van der Waals surface area contributed by atoms with Crippen molar-refractivity contribution in [3.63, 3.8) is 0 Å². The Morgan fingerprint density at radius 1 is 1.17 bits per heavy atom. The maximum atomic E-state index is 6.51. The van der Waals surface area contributed by atoms with E-state index in [1.54, 1.807) is 7.11 Å². The summed E-state index contributed by atoms with van der Waals surface area (Å²) < 4.78 is 5.61. The number of halogens is 2. The lowest BCUT2D eigenvalue weighted by atomic mass is 9.75. The van der Waals surface area contributed by atoms with Crippen molar-refractivity contribution in [2.45, 2.75) is 25.3 Å². The summed E-state index contributed by atoms with van der Waals surface area (Å²) in [5.74, 6) is 1.71. The number of benzene rings is 2. The van der Waals surface area contributed by atoms with Crippen LogP contribution in [-0.4, -0.2) is 7.11 Å². The van der Waals surface area contributed by atoms with Gasteiger partial charge in [0.15, 0.2) is 0 Å². The van der Waals surface area contributed by atoms with Gasteiger partial charge in [-0.05, 0) is 54.2 Å². The van der Waals surface area contributed by atoms with Gasteiger partial charge in [-0.25, -0.2) is 0 Å². The Labute approximate surface area is 152 Å². The van der Waals surface area contributed by atoms with Crippen molar-refractivity contribution in [2.75, 3.05) is 12.4 Å². The monoisotopic (exact) mass is 359 g/mol.